The maximum absolute atomic E-state index is 11.6. The number of hydrogen-bond acceptors (Lipinski definition) is 7. The summed E-state index contributed by atoms with van der Waals surface area (Å²) in [6.07, 6.45) is 0.987. The van der Waals surface area contributed by atoms with Crippen molar-refractivity contribution < 1.29 is 23.8 Å². The minimum absolute atomic E-state index is 0.0379. The van der Waals surface area contributed by atoms with E-state index in [4.69, 9.17) is 19.2 Å². The summed E-state index contributed by atoms with van der Waals surface area (Å²) in [5.41, 5.74) is 4.33. The molecule has 1 fully saturated rings. The van der Waals surface area contributed by atoms with Gasteiger partial charge in [-0.2, -0.15) is 0 Å². The van der Waals surface area contributed by atoms with Crippen LogP contribution in [0.2, 0.25) is 0 Å². The van der Waals surface area contributed by atoms with E-state index < -0.39 is 18.2 Å². The Kier molecular flexibility index (Phi) is 8.33. The standard InChI is InChI=1S/C29H32N2O5/c1-20-14-25(26-15-27(35-22(3)33)28(36-26)19-34-21(2)32)16-30-29(20)31(17-23-10-6-4-7-11-23)18-24-12-8-5-9-13-24/h4-14,16,26-28H,15,17-19H2,1-3H3/t26-,27+,28-/m1/s1. The van der Waals surface area contributed by atoms with E-state index in [1.54, 1.807) is 0 Å². The molecule has 0 aliphatic carbocycles. The number of ether oxygens (including phenoxy) is 3. The molecule has 0 saturated carbocycles. The highest BCUT2D eigenvalue weighted by Gasteiger charge is 2.39. The molecule has 0 spiro atoms. The topological polar surface area (TPSA) is 78.0 Å². The Hall–Kier alpha value is -3.71. The Morgan fingerprint density at radius 1 is 0.972 bits per heavy atom. The van der Waals surface area contributed by atoms with E-state index in [2.05, 4.69) is 35.2 Å². The van der Waals surface area contributed by atoms with Crippen LogP contribution in [0.15, 0.2) is 72.9 Å². The molecule has 1 aromatic heterocycles. The number of anilines is 1. The molecule has 0 radical (unpaired) electrons. The van der Waals surface area contributed by atoms with Gasteiger partial charge in [0.05, 0.1) is 6.10 Å². The third kappa shape index (κ3) is 6.70. The zero-order chi connectivity index (χ0) is 25.5. The number of esters is 2. The number of aromatic nitrogens is 1. The third-order valence-corrected chi connectivity index (χ3v) is 6.14. The zero-order valence-electron chi connectivity index (χ0n) is 20.9. The Morgan fingerprint density at radius 3 is 2.11 bits per heavy atom. The van der Waals surface area contributed by atoms with Gasteiger partial charge in [-0.3, -0.25) is 9.59 Å². The van der Waals surface area contributed by atoms with Crippen LogP contribution in [0.4, 0.5) is 5.82 Å². The van der Waals surface area contributed by atoms with Gasteiger partial charge in [0, 0.05) is 39.6 Å². The normalized spacial score (nSPS) is 19.0. The van der Waals surface area contributed by atoms with Crippen molar-refractivity contribution in [2.75, 3.05) is 11.5 Å². The summed E-state index contributed by atoms with van der Waals surface area (Å²) in [5, 5.41) is 0. The highest BCUT2D eigenvalue weighted by molar-refractivity contribution is 5.66. The van der Waals surface area contributed by atoms with Crippen molar-refractivity contribution in [3.8, 4) is 0 Å². The van der Waals surface area contributed by atoms with Gasteiger partial charge in [0.2, 0.25) is 0 Å². The lowest BCUT2D eigenvalue weighted by atomic mass is 10.0. The number of hydrogen-bond donors (Lipinski definition) is 0. The predicted octanol–water partition coefficient (Wildman–Crippen LogP) is 4.92. The van der Waals surface area contributed by atoms with Crippen LogP contribution in [0.25, 0.3) is 0 Å². The lowest BCUT2D eigenvalue weighted by Gasteiger charge is -2.26. The van der Waals surface area contributed by atoms with Crippen LogP contribution in [-0.4, -0.2) is 35.7 Å². The van der Waals surface area contributed by atoms with Crippen molar-refractivity contribution in [1.82, 2.24) is 4.98 Å². The number of benzene rings is 2. The first kappa shape index (κ1) is 25.4. The van der Waals surface area contributed by atoms with Crippen molar-refractivity contribution in [3.63, 3.8) is 0 Å². The molecule has 7 heteroatoms. The van der Waals surface area contributed by atoms with Gasteiger partial charge >= 0.3 is 11.9 Å². The highest BCUT2D eigenvalue weighted by Crippen LogP contribution is 2.36. The van der Waals surface area contributed by atoms with E-state index >= 15 is 0 Å². The summed E-state index contributed by atoms with van der Waals surface area (Å²) in [6.45, 7) is 6.24. The summed E-state index contributed by atoms with van der Waals surface area (Å²) in [6, 6.07) is 22.8. The predicted molar refractivity (Wildman–Crippen MR) is 136 cm³/mol. The van der Waals surface area contributed by atoms with Gasteiger partial charge in [0.15, 0.2) is 0 Å². The fraction of sp³-hybridized carbons (Fsp3) is 0.345. The van der Waals surface area contributed by atoms with Gasteiger partial charge in [0.1, 0.15) is 24.6 Å². The maximum Gasteiger partial charge on any atom is 0.302 e. The molecular formula is C29H32N2O5. The van der Waals surface area contributed by atoms with Gasteiger partial charge in [-0.1, -0.05) is 60.7 Å². The summed E-state index contributed by atoms with van der Waals surface area (Å²) in [4.78, 5) is 30.0. The fourth-order valence-corrected chi connectivity index (χ4v) is 4.52. The minimum Gasteiger partial charge on any atom is -0.463 e. The number of carbonyl (C=O) groups excluding carboxylic acids is 2. The van der Waals surface area contributed by atoms with E-state index in [-0.39, 0.29) is 18.7 Å². The highest BCUT2D eigenvalue weighted by atomic mass is 16.6. The summed E-state index contributed by atoms with van der Waals surface area (Å²) in [5.74, 6) is 0.110. The largest absolute Gasteiger partial charge is 0.463 e. The maximum atomic E-state index is 11.6. The molecule has 2 aromatic carbocycles. The first-order chi connectivity index (χ1) is 17.4. The van der Waals surface area contributed by atoms with Gasteiger partial charge in [-0.15, -0.1) is 0 Å². The lowest BCUT2D eigenvalue weighted by Crippen LogP contribution is -2.31. The van der Waals surface area contributed by atoms with E-state index in [1.165, 1.54) is 25.0 Å². The quantitative estimate of drug-likeness (QED) is 0.396. The molecule has 1 aliphatic rings. The molecule has 188 valence electrons. The molecule has 1 aliphatic heterocycles. The number of pyridine rings is 1. The SMILES string of the molecule is CC(=O)OC[C@H]1O[C@@H](c2cnc(N(Cc3ccccc3)Cc3ccccc3)c(C)c2)C[C@@H]1OC(C)=O. The number of carbonyl (C=O) groups is 2. The van der Waals surface area contributed by atoms with Gasteiger partial charge in [0.25, 0.3) is 0 Å². The van der Waals surface area contributed by atoms with Crippen molar-refractivity contribution >= 4 is 17.8 Å². The molecule has 3 aromatic rings. The molecule has 0 N–H and O–H groups in total. The van der Waals surface area contributed by atoms with Crippen molar-refractivity contribution in [2.24, 2.45) is 0 Å². The smallest absolute Gasteiger partial charge is 0.302 e. The van der Waals surface area contributed by atoms with Crippen LogP contribution in [0.3, 0.4) is 0 Å². The van der Waals surface area contributed by atoms with Crippen molar-refractivity contribution in [3.05, 3.63) is 95.2 Å². The third-order valence-electron chi connectivity index (χ3n) is 6.14. The van der Waals surface area contributed by atoms with Gasteiger partial charge in [-0.25, -0.2) is 4.98 Å². The Morgan fingerprint density at radius 2 is 1.58 bits per heavy atom. The molecule has 0 unspecified atom stereocenters. The van der Waals surface area contributed by atoms with E-state index in [0.717, 1.165) is 30.0 Å². The van der Waals surface area contributed by atoms with Crippen LogP contribution in [0, 0.1) is 6.92 Å². The van der Waals surface area contributed by atoms with Crippen LogP contribution >= 0.6 is 0 Å². The van der Waals surface area contributed by atoms with Gasteiger partial charge < -0.3 is 19.1 Å². The molecule has 0 bridgehead atoms. The number of rotatable bonds is 9. The van der Waals surface area contributed by atoms with E-state index in [9.17, 15) is 9.59 Å². The zero-order valence-corrected chi connectivity index (χ0v) is 20.9. The summed E-state index contributed by atoms with van der Waals surface area (Å²) < 4.78 is 16.7. The molecular weight excluding hydrogens is 456 g/mol. The molecule has 36 heavy (non-hydrogen) atoms. The van der Waals surface area contributed by atoms with Crippen LogP contribution in [0.1, 0.15) is 48.6 Å². The average molecular weight is 489 g/mol. The second-order valence-electron chi connectivity index (χ2n) is 9.09. The molecule has 0 amide bonds. The molecule has 1 saturated heterocycles. The molecule has 3 atom stereocenters. The number of aryl methyl sites for hydroxylation is 1. The average Bonchev–Trinajstić information content (AvgIpc) is 3.25. The second kappa shape index (κ2) is 11.8. The van der Waals surface area contributed by atoms with Gasteiger partial charge in [-0.05, 0) is 35.2 Å². The first-order valence-corrected chi connectivity index (χ1v) is 12.1. The molecule has 7 nitrogen and oxygen atoms in total. The van der Waals surface area contributed by atoms with Crippen molar-refractivity contribution in [2.45, 2.75) is 58.6 Å². The van der Waals surface area contributed by atoms with Crippen molar-refractivity contribution in [1.29, 1.82) is 0 Å². The Bertz CT molecular complexity index is 1130. The monoisotopic (exact) mass is 488 g/mol. The minimum atomic E-state index is -0.518. The van der Waals surface area contributed by atoms with Crippen LogP contribution in [-0.2, 0) is 36.9 Å². The summed E-state index contributed by atoms with van der Waals surface area (Å²) in [7, 11) is 0. The van der Waals surface area contributed by atoms with Crippen LogP contribution < -0.4 is 4.90 Å². The van der Waals surface area contributed by atoms with E-state index in [1.807, 2.05) is 49.5 Å². The van der Waals surface area contributed by atoms with Crippen LogP contribution in [0.5, 0.6) is 0 Å². The Labute approximate surface area is 212 Å². The first-order valence-electron chi connectivity index (χ1n) is 12.1. The number of nitrogens with zero attached hydrogens (tertiary/aromatic N) is 2. The fourth-order valence-electron chi connectivity index (χ4n) is 4.52. The second-order valence-corrected chi connectivity index (χ2v) is 9.09. The lowest BCUT2D eigenvalue weighted by molar-refractivity contribution is -0.154. The molecule has 4 rings (SSSR count). The molecule has 2 heterocycles. The summed E-state index contributed by atoms with van der Waals surface area (Å²) >= 11 is 0. The van der Waals surface area contributed by atoms with E-state index in [0.29, 0.717) is 6.42 Å². The Balaban J connectivity index is 1.55.